The van der Waals surface area contributed by atoms with Crippen LogP contribution >= 0.6 is 0 Å². The summed E-state index contributed by atoms with van der Waals surface area (Å²) >= 11 is 0. The van der Waals surface area contributed by atoms with Gasteiger partial charge in [-0.25, -0.2) is 0 Å². The van der Waals surface area contributed by atoms with E-state index in [0.717, 1.165) is 0 Å². The molecule has 0 heterocycles. The molecule has 6 nitrogen and oxygen atoms in total. The molecule has 0 aliphatic heterocycles. The highest BCUT2D eigenvalue weighted by Crippen LogP contribution is 2.26. The van der Waals surface area contributed by atoms with Crippen molar-refractivity contribution in [1.82, 2.24) is 4.90 Å². The zero-order valence-electron chi connectivity index (χ0n) is 11.1. The van der Waals surface area contributed by atoms with Crippen LogP contribution in [0.1, 0.15) is 24.2 Å². The number of aromatic hydroxyl groups is 1. The topological polar surface area (TPSA) is 87.1 Å². The van der Waals surface area contributed by atoms with Crippen LogP contribution in [0.4, 0.5) is 0 Å². The molecule has 1 rings (SSSR count). The first-order chi connectivity index (χ1) is 8.86. The van der Waals surface area contributed by atoms with Gasteiger partial charge >= 0.3 is 5.97 Å². The Hall–Kier alpha value is -2.24. The molecule has 1 aromatic carbocycles. The van der Waals surface area contributed by atoms with E-state index in [2.05, 4.69) is 0 Å². The maximum atomic E-state index is 12.2. The van der Waals surface area contributed by atoms with Gasteiger partial charge in [0.15, 0.2) is 11.5 Å². The van der Waals surface area contributed by atoms with Crippen LogP contribution in [0, 0.1) is 0 Å². The fourth-order valence-corrected chi connectivity index (χ4v) is 1.62. The summed E-state index contributed by atoms with van der Waals surface area (Å²) in [6.45, 7) is 3.07. The van der Waals surface area contributed by atoms with Crippen LogP contribution in [-0.4, -0.2) is 46.7 Å². The van der Waals surface area contributed by atoms with E-state index in [1.807, 2.05) is 0 Å². The Balaban J connectivity index is 3.03. The molecule has 0 saturated heterocycles. The zero-order chi connectivity index (χ0) is 14.6. The van der Waals surface area contributed by atoms with E-state index in [9.17, 15) is 14.7 Å². The molecular weight excluding hydrogens is 250 g/mol. The van der Waals surface area contributed by atoms with Gasteiger partial charge in [-0.1, -0.05) is 0 Å². The SMILES string of the molecule is COc1ccc(C(=O)N(CC(=O)O)C(C)C)cc1O. The second kappa shape index (κ2) is 6.08. The van der Waals surface area contributed by atoms with Crippen LogP contribution < -0.4 is 4.74 Å². The lowest BCUT2D eigenvalue weighted by molar-refractivity contribution is -0.138. The average Bonchev–Trinajstić information content (AvgIpc) is 2.34. The number of aliphatic carboxylic acids is 1. The number of rotatable bonds is 5. The van der Waals surface area contributed by atoms with Crippen LogP contribution in [-0.2, 0) is 4.79 Å². The molecule has 0 radical (unpaired) electrons. The van der Waals surface area contributed by atoms with Crippen molar-refractivity contribution in [2.75, 3.05) is 13.7 Å². The molecule has 0 bridgehead atoms. The fraction of sp³-hybridized carbons (Fsp3) is 0.385. The minimum Gasteiger partial charge on any atom is -0.504 e. The van der Waals surface area contributed by atoms with Gasteiger partial charge in [-0.15, -0.1) is 0 Å². The summed E-state index contributed by atoms with van der Waals surface area (Å²) in [5.74, 6) is -1.44. The number of methoxy groups -OCH3 is 1. The first-order valence-corrected chi connectivity index (χ1v) is 5.76. The van der Waals surface area contributed by atoms with E-state index in [0.29, 0.717) is 0 Å². The summed E-state index contributed by atoms with van der Waals surface area (Å²) in [6.07, 6.45) is 0. The lowest BCUT2D eigenvalue weighted by Gasteiger charge is -2.25. The molecule has 2 N–H and O–H groups in total. The molecule has 0 saturated carbocycles. The van der Waals surface area contributed by atoms with Crippen molar-refractivity contribution in [3.05, 3.63) is 23.8 Å². The van der Waals surface area contributed by atoms with Gasteiger partial charge in [-0.2, -0.15) is 0 Å². The molecule has 19 heavy (non-hydrogen) atoms. The molecule has 0 aromatic heterocycles. The average molecular weight is 267 g/mol. The summed E-state index contributed by atoms with van der Waals surface area (Å²) < 4.78 is 4.88. The number of carboxylic acids is 1. The molecule has 0 unspecified atom stereocenters. The Morgan fingerprint density at radius 2 is 2.00 bits per heavy atom. The summed E-state index contributed by atoms with van der Waals surface area (Å²) in [7, 11) is 1.40. The van der Waals surface area contributed by atoms with E-state index in [4.69, 9.17) is 9.84 Å². The van der Waals surface area contributed by atoms with Gasteiger partial charge in [0.05, 0.1) is 7.11 Å². The van der Waals surface area contributed by atoms with Crippen molar-refractivity contribution >= 4 is 11.9 Å². The van der Waals surface area contributed by atoms with Gasteiger partial charge in [0, 0.05) is 11.6 Å². The molecule has 0 atom stereocenters. The van der Waals surface area contributed by atoms with Crippen molar-refractivity contribution < 1.29 is 24.5 Å². The molecule has 1 aromatic rings. The van der Waals surface area contributed by atoms with Crippen LogP contribution in [0.25, 0.3) is 0 Å². The van der Waals surface area contributed by atoms with E-state index in [1.165, 1.54) is 30.2 Å². The van der Waals surface area contributed by atoms with E-state index >= 15 is 0 Å². The summed E-state index contributed by atoms with van der Waals surface area (Å²) in [5, 5.41) is 18.4. The number of carbonyl (C=O) groups is 2. The smallest absolute Gasteiger partial charge is 0.323 e. The van der Waals surface area contributed by atoms with E-state index in [-0.39, 0.29) is 29.6 Å². The number of amides is 1. The number of nitrogens with zero attached hydrogens (tertiary/aromatic N) is 1. The largest absolute Gasteiger partial charge is 0.504 e. The third kappa shape index (κ3) is 3.61. The highest BCUT2D eigenvalue weighted by Gasteiger charge is 2.22. The first-order valence-electron chi connectivity index (χ1n) is 5.76. The van der Waals surface area contributed by atoms with Crippen LogP contribution in [0.2, 0.25) is 0 Å². The lowest BCUT2D eigenvalue weighted by atomic mass is 10.1. The van der Waals surface area contributed by atoms with Gasteiger partial charge in [-0.05, 0) is 32.0 Å². The lowest BCUT2D eigenvalue weighted by Crippen LogP contribution is -2.40. The molecule has 104 valence electrons. The normalized spacial score (nSPS) is 10.3. The second-order valence-electron chi connectivity index (χ2n) is 4.31. The predicted octanol–water partition coefficient (Wildman–Crippen LogP) is 1.34. The number of phenols is 1. The Morgan fingerprint density at radius 1 is 1.37 bits per heavy atom. The molecule has 1 amide bonds. The number of hydrogen-bond donors (Lipinski definition) is 2. The van der Waals surface area contributed by atoms with Gasteiger partial charge < -0.3 is 19.8 Å². The minimum absolute atomic E-state index is 0.160. The standard InChI is InChI=1S/C13H17NO5/c1-8(2)14(7-12(16)17)13(18)9-4-5-11(19-3)10(15)6-9/h4-6,8,15H,7H2,1-3H3,(H,16,17). The molecule has 0 spiro atoms. The van der Waals surface area contributed by atoms with Crippen molar-refractivity contribution in [2.45, 2.75) is 19.9 Å². The number of benzene rings is 1. The summed E-state index contributed by atoms with van der Waals surface area (Å²) in [6, 6.07) is 3.95. The fourth-order valence-electron chi connectivity index (χ4n) is 1.62. The number of hydrogen-bond acceptors (Lipinski definition) is 4. The van der Waals surface area contributed by atoms with Crippen molar-refractivity contribution in [1.29, 1.82) is 0 Å². The monoisotopic (exact) mass is 267 g/mol. The molecule has 6 heteroatoms. The van der Waals surface area contributed by atoms with E-state index < -0.39 is 11.9 Å². The maximum Gasteiger partial charge on any atom is 0.323 e. The molecule has 0 aliphatic carbocycles. The maximum absolute atomic E-state index is 12.2. The number of phenolic OH excluding ortho intramolecular Hbond substituents is 1. The van der Waals surface area contributed by atoms with E-state index in [1.54, 1.807) is 13.8 Å². The summed E-state index contributed by atoms with van der Waals surface area (Å²) in [4.78, 5) is 24.2. The predicted molar refractivity (Wildman–Crippen MR) is 68.5 cm³/mol. The Morgan fingerprint density at radius 3 is 2.42 bits per heavy atom. The summed E-state index contributed by atoms with van der Waals surface area (Å²) in [5.41, 5.74) is 0.216. The number of carbonyl (C=O) groups excluding carboxylic acids is 1. The van der Waals surface area contributed by atoms with Crippen molar-refractivity contribution in [3.63, 3.8) is 0 Å². The quantitative estimate of drug-likeness (QED) is 0.840. The molecular formula is C13H17NO5. The molecule has 0 aliphatic rings. The van der Waals surface area contributed by atoms with Crippen LogP contribution in [0.3, 0.4) is 0 Å². The Bertz CT molecular complexity index is 484. The first kappa shape index (κ1) is 14.8. The minimum atomic E-state index is -1.08. The molecule has 0 fully saturated rings. The number of carboxylic acid groups (broad SMARTS) is 1. The van der Waals surface area contributed by atoms with Crippen LogP contribution in [0.15, 0.2) is 18.2 Å². The van der Waals surface area contributed by atoms with Gasteiger partial charge in [-0.3, -0.25) is 9.59 Å². The number of ether oxygens (including phenoxy) is 1. The van der Waals surface area contributed by atoms with Gasteiger partial charge in [0.2, 0.25) is 0 Å². The second-order valence-corrected chi connectivity index (χ2v) is 4.31. The highest BCUT2D eigenvalue weighted by molar-refractivity contribution is 5.96. The Kier molecular flexibility index (Phi) is 4.74. The van der Waals surface area contributed by atoms with Crippen molar-refractivity contribution in [2.24, 2.45) is 0 Å². The van der Waals surface area contributed by atoms with Gasteiger partial charge in [0.1, 0.15) is 6.54 Å². The Labute approximate surface area is 111 Å². The zero-order valence-corrected chi connectivity index (χ0v) is 11.1. The highest BCUT2D eigenvalue weighted by atomic mass is 16.5. The van der Waals surface area contributed by atoms with Crippen LogP contribution in [0.5, 0.6) is 11.5 Å². The third-order valence-corrected chi connectivity index (χ3v) is 2.62. The van der Waals surface area contributed by atoms with Crippen molar-refractivity contribution in [3.8, 4) is 11.5 Å². The van der Waals surface area contributed by atoms with Gasteiger partial charge in [0.25, 0.3) is 5.91 Å². The third-order valence-electron chi connectivity index (χ3n) is 2.62.